The molecule has 3 heteroatoms. The lowest BCUT2D eigenvalue weighted by Crippen LogP contribution is -2.43. The van der Waals surface area contributed by atoms with E-state index in [2.05, 4.69) is 5.32 Å². The van der Waals surface area contributed by atoms with Gasteiger partial charge in [-0.1, -0.05) is 32.1 Å². The van der Waals surface area contributed by atoms with Gasteiger partial charge in [0.15, 0.2) is 0 Å². The van der Waals surface area contributed by atoms with Gasteiger partial charge >= 0.3 is 0 Å². The Morgan fingerprint density at radius 3 is 2.47 bits per heavy atom. The average Bonchev–Trinajstić information content (AvgIpc) is 2.48. The zero-order chi connectivity index (χ0) is 13.3. The second kappa shape index (κ2) is 8.93. The third-order valence-electron chi connectivity index (χ3n) is 4.64. The third-order valence-corrected chi connectivity index (χ3v) is 4.64. The highest BCUT2D eigenvalue weighted by Crippen LogP contribution is 2.21. The molecule has 0 aromatic carbocycles. The monoisotopic (exact) mass is 269 g/mol. The molecule has 3 nitrogen and oxygen atoms in total. The first kappa shape index (κ1) is 15.3. The molecule has 0 aromatic heterocycles. The van der Waals surface area contributed by atoms with Crippen LogP contribution in [0.2, 0.25) is 0 Å². The summed E-state index contributed by atoms with van der Waals surface area (Å²) < 4.78 is 11.5. The van der Waals surface area contributed by atoms with Gasteiger partial charge < -0.3 is 14.8 Å². The van der Waals surface area contributed by atoms with Crippen molar-refractivity contribution < 1.29 is 9.47 Å². The summed E-state index contributed by atoms with van der Waals surface area (Å²) in [7, 11) is 1.84. The van der Waals surface area contributed by atoms with E-state index in [1.54, 1.807) is 0 Å². The minimum atomic E-state index is 0.424. The lowest BCUT2D eigenvalue weighted by Gasteiger charge is -2.31. The molecule has 2 fully saturated rings. The summed E-state index contributed by atoms with van der Waals surface area (Å²) in [6, 6.07) is 0.563. The van der Waals surface area contributed by atoms with Crippen LogP contribution >= 0.6 is 0 Å². The van der Waals surface area contributed by atoms with Crippen molar-refractivity contribution in [3.8, 4) is 0 Å². The fourth-order valence-corrected chi connectivity index (χ4v) is 3.45. The Morgan fingerprint density at radius 1 is 0.947 bits per heavy atom. The quantitative estimate of drug-likeness (QED) is 0.720. The molecule has 0 spiro atoms. The van der Waals surface area contributed by atoms with Crippen LogP contribution in [-0.2, 0) is 9.47 Å². The van der Waals surface area contributed by atoms with Gasteiger partial charge in [-0.3, -0.25) is 0 Å². The van der Waals surface area contributed by atoms with Crippen molar-refractivity contribution in [2.75, 3.05) is 20.3 Å². The molecule has 0 heterocycles. The lowest BCUT2D eigenvalue weighted by atomic mass is 9.92. The highest BCUT2D eigenvalue weighted by Gasteiger charge is 2.23. The van der Waals surface area contributed by atoms with Crippen LogP contribution in [0, 0.1) is 0 Å². The van der Waals surface area contributed by atoms with Crippen molar-refractivity contribution in [1.29, 1.82) is 0 Å². The van der Waals surface area contributed by atoms with Gasteiger partial charge in [0.05, 0.1) is 12.2 Å². The molecule has 2 aliphatic carbocycles. The molecule has 0 bridgehead atoms. The predicted molar refractivity (Wildman–Crippen MR) is 78.5 cm³/mol. The summed E-state index contributed by atoms with van der Waals surface area (Å²) >= 11 is 0. The Balaban J connectivity index is 1.51. The second-order valence-corrected chi connectivity index (χ2v) is 6.10. The zero-order valence-electron chi connectivity index (χ0n) is 12.5. The first-order valence-corrected chi connectivity index (χ1v) is 8.28. The van der Waals surface area contributed by atoms with Crippen LogP contribution in [0.3, 0.4) is 0 Å². The predicted octanol–water partition coefficient (Wildman–Crippen LogP) is 3.27. The maximum atomic E-state index is 5.95. The van der Waals surface area contributed by atoms with Crippen molar-refractivity contribution >= 4 is 0 Å². The number of rotatable bonds is 7. The molecule has 2 rings (SSSR count). The number of hydrogen-bond acceptors (Lipinski definition) is 3. The molecule has 0 saturated heterocycles. The van der Waals surface area contributed by atoms with Gasteiger partial charge in [0.2, 0.25) is 0 Å². The molecular weight excluding hydrogens is 238 g/mol. The summed E-state index contributed by atoms with van der Waals surface area (Å²) in [4.78, 5) is 0. The molecule has 0 aliphatic heterocycles. The largest absolute Gasteiger partial charge is 0.380 e. The molecule has 2 unspecified atom stereocenters. The summed E-state index contributed by atoms with van der Waals surface area (Å²) in [6.07, 6.45) is 13.9. The first-order valence-electron chi connectivity index (χ1n) is 8.28. The van der Waals surface area contributed by atoms with Crippen LogP contribution in [0.5, 0.6) is 0 Å². The van der Waals surface area contributed by atoms with Crippen LogP contribution in [0.15, 0.2) is 0 Å². The van der Waals surface area contributed by atoms with E-state index in [4.69, 9.17) is 9.47 Å². The van der Waals surface area contributed by atoms with Gasteiger partial charge in [-0.15, -0.1) is 0 Å². The molecule has 19 heavy (non-hydrogen) atoms. The Kier molecular flexibility index (Phi) is 7.18. The summed E-state index contributed by atoms with van der Waals surface area (Å²) in [5.74, 6) is 0. The molecule has 2 aliphatic rings. The van der Waals surface area contributed by atoms with E-state index in [1.807, 2.05) is 7.11 Å². The van der Waals surface area contributed by atoms with Crippen molar-refractivity contribution in [3.63, 3.8) is 0 Å². The Hall–Kier alpha value is -0.120. The standard InChI is InChI=1S/C16H31NO2/c1-18-16-11-6-5-10-15(16)17-12-7-13-19-14-8-3-2-4-9-14/h14-17H,2-13H2,1H3. The molecular formula is C16H31NO2. The Labute approximate surface area is 118 Å². The minimum absolute atomic E-state index is 0.424. The third kappa shape index (κ3) is 5.41. The maximum Gasteiger partial charge on any atom is 0.0724 e. The van der Waals surface area contributed by atoms with E-state index in [0.29, 0.717) is 18.2 Å². The second-order valence-electron chi connectivity index (χ2n) is 6.10. The maximum absolute atomic E-state index is 5.95. The molecule has 1 N–H and O–H groups in total. The molecule has 2 saturated carbocycles. The van der Waals surface area contributed by atoms with Crippen molar-refractivity contribution in [2.45, 2.75) is 82.5 Å². The van der Waals surface area contributed by atoms with Gasteiger partial charge in [0.25, 0.3) is 0 Å². The fraction of sp³-hybridized carbons (Fsp3) is 1.00. The van der Waals surface area contributed by atoms with E-state index in [-0.39, 0.29) is 0 Å². The van der Waals surface area contributed by atoms with Gasteiger partial charge in [-0.2, -0.15) is 0 Å². The number of nitrogens with one attached hydrogen (secondary N) is 1. The summed E-state index contributed by atoms with van der Waals surface area (Å²) in [5.41, 5.74) is 0. The van der Waals surface area contributed by atoms with E-state index in [1.165, 1.54) is 57.8 Å². The normalized spacial score (nSPS) is 29.5. The summed E-state index contributed by atoms with van der Waals surface area (Å²) in [6.45, 7) is 1.99. The van der Waals surface area contributed by atoms with Gasteiger partial charge in [0.1, 0.15) is 0 Å². The smallest absolute Gasteiger partial charge is 0.0724 e. The van der Waals surface area contributed by atoms with Crippen LogP contribution in [0.1, 0.15) is 64.2 Å². The molecule has 0 radical (unpaired) electrons. The van der Waals surface area contributed by atoms with Crippen LogP contribution in [0.4, 0.5) is 0 Å². The molecule has 112 valence electrons. The van der Waals surface area contributed by atoms with Crippen molar-refractivity contribution in [3.05, 3.63) is 0 Å². The minimum Gasteiger partial charge on any atom is -0.380 e. The van der Waals surface area contributed by atoms with E-state index in [9.17, 15) is 0 Å². The average molecular weight is 269 g/mol. The number of hydrogen-bond donors (Lipinski definition) is 1. The van der Waals surface area contributed by atoms with Gasteiger partial charge in [-0.05, 0) is 38.6 Å². The topological polar surface area (TPSA) is 30.5 Å². The first-order chi connectivity index (χ1) is 9.40. The summed E-state index contributed by atoms with van der Waals surface area (Å²) in [5, 5.41) is 3.66. The van der Waals surface area contributed by atoms with Crippen LogP contribution in [0.25, 0.3) is 0 Å². The highest BCUT2D eigenvalue weighted by molar-refractivity contribution is 4.81. The Bertz CT molecular complexity index is 229. The Morgan fingerprint density at radius 2 is 1.68 bits per heavy atom. The lowest BCUT2D eigenvalue weighted by molar-refractivity contribution is 0.0225. The van der Waals surface area contributed by atoms with Crippen molar-refractivity contribution in [1.82, 2.24) is 5.32 Å². The zero-order valence-corrected chi connectivity index (χ0v) is 12.5. The van der Waals surface area contributed by atoms with Crippen LogP contribution in [-0.4, -0.2) is 38.5 Å². The van der Waals surface area contributed by atoms with E-state index in [0.717, 1.165) is 19.6 Å². The number of methoxy groups -OCH3 is 1. The van der Waals surface area contributed by atoms with E-state index < -0.39 is 0 Å². The van der Waals surface area contributed by atoms with Crippen LogP contribution < -0.4 is 5.32 Å². The van der Waals surface area contributed by atoms with Gasteiger partial charge in [-0.25, -0.2) is 0 Å². The van der Waals surface area contributed by atoms with Gasteiger partial charge in [0, 0.05) is 19.8 Å². The number of ether oxygens (including phenoxy) is 2. The highest BCUT2D eigenvalue weighted by atomic mass is 16.5. The molecule has 2 atom stereocenters. The molecule has 0 aromatic rings. The fourth-order valence-electron chi connectivity index (χ4n) is 3.45. The SMILES string of the molecule is COC1CCCCC1NCCCOC1CCCCC1. The molecule has 0 amide bonds. The van der Waals surface area contributed by atoms with Crippen molar-refractivity contribution in [2.24, 2.45) is 0 Å². The van der Waals surface area contributed by atoms with E-state index >= 15 is 0 Å².